The fraction of sp³-hybridized carbons (Fsp3) is 0.231. The first-order chi connectivity index (χ1) is 9.97. The quantitative estimate of drug-likeness (QED) is 0.848. The second kappa shape index (κ2) is 6.49. The molecule has 2 heterocycles. The molecule has 110 valence electrons. The summed E-state index contributed by atoms with van der Waals surface area (Å²) in [6.45, 7) is 1.62. The minimum atomic E-state index is -0.362. The second-order valence-electron chi connectivity index (χ2n) is 4.37. The number of likely N-dealkylation sites (N-methyl/N-ethyl adjacent to an activating group) is 1. The molecule has 2 aromatic heterocycles. The zero-order valence-corrected chi connectivity index (χ0v) is 13.0. The molecule has 0 aromatic carbocycles. The zero-order valence-electron chi connectivity index (χ0n) is 11.5. The van der Waals surface area contributed by atoms with Gasteiger partial charge in [0.15, 0.2) is 5.82 Å². The predicted octanol–water partition coefficient (Wildman–Crippen LogP) is 1.85. The first kappa shape index (κ1) is 15.2. The minimum absolute atomic E-state index is 0.105. The topological polar surface area (TPSA) is 88.3 Å². The molecule has 21 heavy (non-hydrogen) atoms. The molecule has 1 N–H and O–H groups in total. The molecule has 7 nitrogen and oxygen atoms in total. The van der Waals surface area contributed by atoms with E-state index < -0.39 is 0 Å². The van der Waals surface area contributed by atoms with E-state index in [4.69, 9.17) is 4.52 Å². The van der Waals surface area contributed by atoms with Crippen molar-refractivity contribution in [2.45, 2.75) is 6.92 Å². The van der Waals surface area contributed by atoms with Crippen LogP contribution in [0.5, 0.6) is 0 Å². The van der Waals surface area contributed by atoms with Crippen molar-refractivity contribution in [2.75, 3.05) is 18.9 Å². The van der Waals surface area contributed by atoms with Gasteiger partial charge in [0.2, 0.25) is 5.91 Å². The lowest BCUT2D eigenvalue weighted by Gasteiger charge is -2.16. The molecule has 0 aliphatic carbocycles. The van der Waals surface area contributed by atoms with Crippen LogP contribution < -0.4 is 5.32 Å². The first-order valence-corrected chi connectivity index (χ1v) is 6.86. The number of rotatable bonds is 4. The number of nitrogens with one attached hydrogen (secondary N) is 1. The number of hydrogen-bond donors (Lipinski definition) is 1. The van der Waals surface area contributed by atoms with Crippen molar-refractivity contribution in [3.8, 4) is 0 Å². The summed E-state index contributed by atoms with van der Waals surface area (Å²) in [4.78, 5) is 29.3. The molecule has 0 radical (unpaired) electrons. The standard InChI is InChI=1S/C13H13BrN4O3/c1-8-6-10(17-21-8)16-11(19)7-18(2)13(20)9-4-3-5-15-12(9)14/h3-6H,7H2,1-2H3,(H,16,17,19). The Kier molecular flexibility index (Phi) is 4.69. The van der Waals surface area contributed by atoms with E-state index >= 15 is 0 Å². The molecule has 2 rings (SSSR count). The number of carbonyl (C=O) groups excluding carboxylic acids is 2. The van der Waals surface area contributed by atoms with Crippen molar-refractivity contribution in [2.24, 2.45) is 0 Å². The first-order valence-electron chi connectivity index (χ1n) is 6.06. The van der Waals surface area contributed by atoms with Crippen LogP contribution in [0.3, 0.4) is 0 Å². The molecule has 0 spiro atoms. The van der Waals surface area contributed by atoms with Crippen LogP contribution in [0.25, 0.3) is 0 Å². The van der Waals surface area contributed by atoms with E-state index in [9.17, 15) is 9.59 Å². The number of nitrogens with zero attached hydrogens (tertiary/aromatic N) is 3. The van der Waals surface area contributed by atoms with Crippen LogP contribution in [-0.2, 0) is 4.79 Å². The van der Waals surface area contributed by atoms with E-state index in [0.29, 0.717) is 21.7 Å². The second-order valence-corrected chi connectivity index (χ2v) is 5.13. The monoisotopic (exact) mass is 352 g/mol. The predicted molar refractivity (Wildman–Crippen MR) is 78.8 cm³/mol. The highest BCUT2D eigenvalue weighted by Crippen LogP contribution is 2.14. The fourth-order valence-electron chi connectivity index (χ4n) is 1.65. The van der Waals surface area contributed by atoms with Gasteiger partial charge in [-0.25, -0.2) is 4.98 Å². The molecule has 2 amide bonds. The van der Waals surface area contributed by atoms with E-state index in [1.165, 1.54) is 11.9 Å². The highest BCUT2D eigenvalue weighted by atomic mass is 79.9. The average Bonchev–Trinajstić information content (AvgIpc) is 2.83. The molecular weight excluding hydrogens is 340 g/mol. The number of aromatic nitrogens is 2. The van der Waals surface area contributed by atoms with Gasteiger partial charge in [-0.15, -0.1) is 0 Å². The smallest absolute Gasteiger partial charge is 0.256 e. The van der Waals surface area contributed by atoms with Crippen molar-refractivity contribution in [3.05, 3.63) is 40.3 Å². The van der Waals surface area contributed by atoms with Crippen LogP contribution in [0.1, 0.15) is 16.1 Å². The maximum Gasteiger partial charge on any atom is 0.256 e. The summed E-state index contributed by atoms with van der Waals surface area (Å²) in [5.74, 6) is 0.246. The summed E-state index contributed by atoms with van der Waals surface area (Å²) in [7, 11) is 1.54. The number of amides is 2. The Balaban J connectivity index is 1.97. The maximum absolute atomic E-state index is 12.2. The van der Waals surface area contributed by atoms with Crippen LogP contribution in [0, 0.1) is 6.92 Å². The third-order valence-corrected chi connectivity index (χ3v) is 3.24. The molecule has 8 heteroatoms. The number of hydrogen-bond acceptors (Lipinski definition) is 5. The zero-order chi connectivity index (χ0) is 15.4. The Hall–Kier alpha value is -2.22. The van der Waals surface area contributed by atoms with Gasteiger partial charge in [-0.1, -0.05) is 5.16 Å². The Morgan fingerprint density at radius 1 is 1.48 bits per heavy atom. The number of halogens is 1. The average molecular weight is 353 g/mol. The van der Waals surface area contributed by atoms with Crippen molar-refractivity contribution in [1.29, 1.82) is 0 Å². The van der Waals surface area contributed by atoms with Crippen LogP contribution in [0.4, 0.5) is 5.82 Å². The largest absolute Gasteiger partial charge is 0.360 e. The van der Waals surface area contributed by atoms with Gasteiger partial charge in [0.05, 0.1) is 12.1 Å². The highest BCUT2D eigenvalue weighted by Gasteiger charge is 2.18. The lowest BCUT2D eigenvalue weighted by Crippen LogP contribution is -2.35. The highest BCUT2D eigenvalue weighted by molar-refractivity contribution is 9.10. The van der Waals surface area contributed by atoms with Gasteiger partial charge in [-0.05, 0) is 35.0 Å². The van der Waals surface area contributed by atoms with Crippen LogP contribution in [0.15, 0.2) is 33.5 Å². The van der Waals surface area contributed by atoms with E-state index in [-0.39, 0.29) is 18.4 Å². The molecule has 0 saturated carbocycles. The van der Waals surface area contributed by atoms with Gasteiger partial charge in [-0.3, -0.25) is 9.59 Å². The normalized spacial score (nSPS) is 10.2. The Morgan fingerprint density at radius 3 is 2.86 bits per heavy atom. The summed E-state index contributed by atoms with van der Waals surface area (Å²) in [5, 5.41) is 6.20. The Bertz CT molecular complexity index is 671. The van der Waals surface area contributed by atoms with E-state index in [1.807, 2.05) is 0 Å². The molecular formula is C13H13BrN4O3. The summed E-state index contributed by atoms with van der Waals surface area (Å²) in [5.41, 5.74) is 0.394. The van der Waals surface area contributed by atoms with E-state index in [1.54, 1.807) is 31.3 Å². The number of anilines is 1. The molecule has 0 unspecified atom stereocenters. The van der Waals surface area contributed by atoms with Gasteiger partial charge in [0.25, 0.3) is 5.91 Å². The Morgan fingerprint density at radius 2 is 2.24 bits per heavy atom. The van der Waals surface area contributed by atoms with Crippen LogP contribution in [-0.4, -0.2) is 40.4 Å². The molecule has 0 bridgehead atoms. The summed E-state index contributed by atoms with van der Waals surface area (Å²) in [6, 6.07) is 4.89. The van der Waals surface area contributed by atoms with Crippen molar-refractivity contribution < 1.29 is 14.1 Å². The lowest BCUT2D eigenvalue weighted by molar-refractivity contribution is -0.116. The molecule has 2 aromatic rings. The third-order valence-electron chi connectivity index (χ3n) is 2.61. The maximum atomic E-state index is 12.2. The minimum Gasteiger partial charge on any atom is -0.360 e. The summed E-state index contributed by atoms with van der Waals surface area (Å²) < 4.78 is 5.28. The fourth-order valence-corrected chi connectivity index (χ4v) is 2.07. The molecule has 0 aliphatic rings. The van der Waals surface area contributed by atoms with Gasteiger partial charge >= 0.3 is 0 Å². The van der Waals surface area contributed by atoms with Crippen molar-refractivity contribution >= 4 is 33.6 Å². The van der Waals surface area contributed by atoms with Crippen LogP contribution in [0.2, 0.25) is 0 Å². The molecule has 0 aliphatic heterocycles. The number of aryl methyl sites for hydroxylation is 1. The van der Waals surface area contributed by atoms with Gasteiger partial charge in [0, 0.05) is 19.3 Å². The SMILES string of the molecule is Cc1cc(NC(=O)CN(C)C(=O)c2cccnc2Br)no1. The third kappa shape index (κ3) is 3.88. The lowest BCUT2D eigenvalue weighted by atomic mass is 10.2. The molecule has 0 saturated heterocycles. The summed E-state index contributed by atoms with van der Waals surface area (Å²) in [6.07, 6.45) is 1.57. The number of carbonyl (C=O) groups is 2. The van der Waals surface area contributed by atoms with Gasteiger partial charge in [-0.2, -0.15) is 0 Å². The van der Waals surface area contributed by atoms with Crippen LogP contribution >= 0.6 is 15.9 Å². The van der Waals surface area contributed by atoms with Gasteiger partial charge in [0.1, 0.15) is 10.4 Å². The summed E-state index contributed by atoms with van der Waals surface area (Å²) >= 11 is 3.21. The molecule has 0 fully saturated rings. The Labute approximate surface area is 129 Å². The molecule has 0 atom stereocenters. The number of pyridine rings is 1. The van der Waals surface area contributed by atoms with E-state index in [0.717, 1.165) is 0 Å². The van der Waals surface area contributed by atoms with Crippen molar-refractivity contribution in [3.63, 3.8) is 0 Å². The van der Waals surface area contributed by atoms with Gasteiger partial charge < -0.3 is 14.7 Å². The van der Waals surface area contributed by atoms with Crippen molar-refractivity contribution in [1.82, 2.24) is 15.0 Å². The van der Waals surface area contributed by atoms with E-state index in [2.05, 4.69) is 31.4 Å².